The van der Waals surface area contributed by atoms with Gasteiger partial charge in [0.05, 0.1) is 0 Å². The second-order valence-electron chi connectivity index (χ2n) is 6.08. The van der Waals surface area contributed by atoms with Gasteiger partial charge in [0.25, 0.3) is 0 Å². The molecule has 1 heterocycles. The van der Waals surface area contributed by atoms with Crippen molar-refractivity contribution < 1.29 is 9.53 Å². The Morgan fingerprint density at radius 3 is 1.85 bits per heavy atom. The Hall–Kier alpha value is -3.46. The maximum Gasteiger partial charge on any atom is 0.350 e. The molecule has 0 N–H and O–H groups in total. The van der Waals surface area contributed by atoms with E-state index in [9.17, 15) is 4.79 Å². The normalized spacial score (nSPS) is 15.2. The summed E-state index contributed by atoms with van der Waals surface area (Å²) < 4.78 is 5.63. The van der Waals surface area contributed by atoms with Crippen LogP contribution in [0.25, 0.3) is 6.08 Å². The van der Waals surface area contributed by atoms with Crippen LogP contribution in [-0.4, -0.2) is 11.9 Å². The van der Waals surface area contributed by atoms with Crippen molar-refractivity contribution in [1.82, 2.24) is 0 Å². The third-order valence-electron chi connectivity index (χ3n) is 4.53. The Morgan fingerprint density at radius 1 is 0.808 bits per heavy atom. The minimum atomic E-state index is -1.19. The van der Waals surface area contributed by atoms with E-state index in [1.807, 2.05) is 84.9 Å². The molecule has 26 heavy (non-hydrogen) atoms. The highest BCUT2D eigenvalue weighted by Crippen LogP contribution is 2.39. The van der Waals surface area contributed by atoms with E-state index in [1.54, 1.807) is 6.08 Å². The molecule has 0 amide bonds. The summed E-state index contributed by atoms with van der Waals surface area (Å²) in [4.78, 5) is 17.8. The standard InChI is InChI=1S/C23H17NO2/c1-2-17-13-15-18(16-14-17)21-24-23(22(25)26-21,19-9-5-3-6-10-19)20-11-7-4-8-12-20/h2-16H,1H2. The van der Waals surface area contributed by atoms with Crippen molar-refractivity contribution in [2.45, 2.75) is 5.54 Å². The van der Waals surface area contributed by atoms with Crippen LogP contribution in [0.15, 0.2) is 96.5 Å². The number of carbonyl (C=O) groups is 1. The summed E-state index contributed by atoms with van der Waals surface area (Å²) in [7, 11) is 0. The lowest BCUT2D eigenvalue weighted by atomic mass is 9.84. The highest BCUT2D eigenvalue weighted by Gasteiger charge is 2.49. The fourth-order valence-corrected chi connectivity index (χ4v) is 3.16. The molecule has 3 aromatic carbocycles. The minimum absolute atomic E-state index is 0.332. The van der Waals surface area contributed by atoms with Crippen LogP contribution < -0.4 is 0 Å². The third kappa shape index (κ3) is 2.54. The van der Waals surface area contributed by atoms with Crippen molar-refractivity contribution in [1.29, 1.82) is 0 Å². The van der Waals surface area contributed by atoms with Gasteiger partial charge in [0.2, 0.25) is 11.4 Å². The van der Waals surface area contributed by atoms with E-state index in [-0.39, 0.29) is 0 Å². The summed E-state index contributed by atoms with van der Waals surface area (Å²) >= 11 is 0. The van der Waals surface area contributed by atoms with Gasteiger partial charge in [0.15, 0.2) is 0 Å². The second kappa shape index (κ2) is 6.45. The first-order valence-corrected chi connectivity index (χ1v) is 8.40. The molecule has 0 bridgehead atoms. The molecule has 1 aliphatic heterocycles. The molecule has 0 atom stereocenters. The topological polar surface area (TPSA) is 38.7 Å². The summed E-state index contributed by atoms with van der Waals surface area (Å²) in [5, 5.41) is 0. The van der Waals surface area contributed by atoms with Gasteiger partial charge >= 0.3 is 5.97 Å². The molecule has 0 saturated heterocycles. The Labute approximate surface area is 152 Å². The van der Waals surface area contributed by atoms with Crippen LogP contribution in [0.3, 0.4) is 0 Å². The summed E-state index contributed by atoms with van der Waals surface area (Å²) in [6.45, 7) is 3.76. The van der Waals surface area contributed by atoms with Gasteiger partial charge in [-0.25, -0.2) is 9.79 Å². The molecule has 0 saturated carbocycles. The molecule has 3 aromatic rings. The lowest BCUT2D eigenvalue weighted by Crippen LogP contribution is -2.32. The van der Waals surface area contributed by atoms with E-state index in [2.05, 4.69) is 6.58 Å². The summed E-state index contributed by atoms with van der Waals surface area (Å²) in [6.07, 6.45) is 1.77. The highest BCUT2D eigenvalue weighted by atomic mass is 16.6. The minimum Gasteiger partial charge on any atom is -0.405 e. The van der Waals surface area contributed by atoms with Crippen LogP contribution in [0.5, 0.6) is 0 Å². The molecule has 0 radical (unpaired) electrons. The predicted octanol–water partition coefficient (Wildman–Crippen LogP) is 4.58. The summed E-state index contributed by atoms with van der Waals surface area (Å²) in [6, 6.07) is 26.7. The number of nitrogens with zero attached hydrogens (tertiary/aromatic N) is 1. The van der Waals surface area contributed by atoms with Crippen LogP contribution in [0, 0.1) is 0 Å². The van der Waals surface area contributed by atoms with Crippen LogP contribution >= 0.6 is 0 Å². The number of ether oxygens (including phenoxy) is 1. The van der Waals surface area contributed by atoms with E-state index in [0.29, 0.717) is 5.90 Å². The zero-order chi connectivity index (χ0) is 18.0. The van der Waals surface area contributed by atoms with Crippen molar-refractivity contribution in [2.24, 2.45) is 4.99 Å². The summed E-state index contributed by atoms with van der Waals surface area (Å²) in [5.41, 5.74) is 2.14. The van der Waals surface area contributed by atoms with Gasteiger partial charge in [-0.2, -0.15) is 0 Å². The maximum absolute atomic E-state index is 13.1. The Bertz CT molecular complexity index is 934. The van der Waals surface area contributed by atoms with Gasteiger partial charge in [-0.3, -0.25) is 0 Å². The molecule has 0 unspecified atom stereocenters. The number of rotatable bonds is 4. The smallest absolute Gasteiger partial charge is 0.350 e. The molecule has 126 valence electrons. The van der Waals surface area contributed by atoms with Crippen molar-refractivity contribution in [3.05, 3.63) is 114 Å². The Morgan fingerprint density at radius 2 is 1.35 bits per heavy atom. The fraction of sp³-hybridized carbons (Fsp3) is 0.0435. The molecule has 4 rings (SSSR count). The monoisotopic (exact) mass is 339 g/mol. The van der Waals surface area contributed by atoms with Gasteiger partial charge in [0, 0.05) is 5.56 Å². The molecular weight excluding hydrogens is 322 g/mol. The number of carbonyl (C=O) groups excluding carboxylic acids is 1. The van der Waals surface area contributed by atoms with Gasteiger partial charge in [-0.05, 0) is 28.8 Å². The van der Waals surface area contributed by atoms with Crippen molar-refractivity contribution in [3.8, 4) is 0 Å². The largest absolute Gasteiger partial charge is 0.405 e. The molecule has 0 aliphatic carbocycles. The zero-order valence-corrected chi connectivity index (χ0v) is 14.1. The van der Waals surface area contributed by atoms with E-state index in [4.69, 9.17) is 9.73 Å². The van der Waals surface area contributed by atoms with E-state index >= 15 is 0 Å². The maximum atomic E-state index is 13.1. The third-order valence-corrected chi connectivity index (χ3v) is 4.53. The highest BCUT2D eigenvalue weighted by molar-refractivity contribution is 6.09. The van der Waals surface area contributed by atoms with E-state index in [0.717, 1.165) is 22.3 Å². The van der Waals surface area contributed by atoms with Crippen LogP contribution in [0.4, 0.5) is 0 Å². The number of cyclic esters (lactones) is 1. The van der Waals surface area contributed by atoms with Crippen molar-refractivity contribution >= 4 is 17.9 Å². The number of benzene rings is 3. The fourth-order valence-electron chi connectivity index (χ4n) is 3.16. The van der Waals surface area contributed by atoms with Gasteiger partial charge in [-0.15, -0.1) is 0 Å². The van der Waals surface area contributed by atoms with Crippen LogP contribution in [0.1, 0.15) is 22.3 Å². The molecule has 0 spiro atoms. The van der Waals surface area contributed by atoms with E-state index in [1.165, 1.54) is 0 Å². The van der Waals surface area contributed by atoms with Gasteiger partial charge in [0.1, 0.15) is 0 Å². The molecule has 0 fully saturated rings. The average molecular weight is 339 g/mol. The predicted molar refractivity (Wildman–Crippen MR) is 103 cm³/mol. The molecular formula is C23H17NO2. The SMILES string of the molecule is C=Cc1ccc(C2=NC(c3ccccc3)(c3ccccc3)C(=O)O2)cc1. The van der Waals surface area contributed by atoms with Gasteiger partial charge < -0.3 is 4.74 Å². The second-order valence-corrected chi connectivity index (χ2v) is 6.08. The number of aliphatic imine (C=N–C) groups is 1. The molecule has 3 heteroatoms. The zero-order valence-electron chi connectivity index (χ0n) is 14.1. The quantitative estimate of drug-likeness (QED) is 0.653. The average Bonchev–Trinajstić information content (AvgIpc) is 3.07. The first-order valence-electron chi connectivity index (χ1n) is 8.40. The van der Waals surface area contributed by atoms with Gasteiger partial charge in [-0.1, -0.05) is 85.5 Å². The molecule has 0 aromatic heterocycles. The number of esters is 1. The lowest BCUT2D eigenvalue weighted by Gasteiger charge is -2.23. The lowest BCUT2D eigenvalue weighted by molar-refractivity contribution is -0.137. The van der Waals surface area contributed by atoms with E-state index < -0.39 is 11.5 Å². The first kappa shape index (κ1) is 16.0. The van der Waals surface area contributed by atoms with Crippen molar-refractivity contribution in [2.75, 3.05) is 0 Å². The van der Waals surface area contributed by atoms with Crippen LogP contribution in [0.2, 0.25) is 0 Å². The number of hydrogen-bond acceptors (Lipinski definition) is 3. The first-order chi connectivity index (χ1) is 12.7. The number of hydrogen-bond donors (Lipinski definition) is 0. The van der Waals surface area contributed by atoms with Crippen molar-refractivity contribution in [3.63, 3.8) is 0 Å². The molecule has 3 nitrogen and oxygen atoms in total. The Balaban J connectivity index is 1.89. The molecule has 1 aliphatic rings. The Kier molecular flexibility index (Phi) is 3.98. The van der Waals surface area contributed by atoms with Crippen LogP contribution in [-0.2, 0) is 15.1 Å². The summed E-state index contributed by atoms with van der Waals surface area (Å²) in [5.74, 6) is -0.0592.